The minimum atomic E-state index is 0.878. The molecule has 0 N–H and O–H groups in total. The second-order valence-electron chi connectivity index (χ2n) is 3.19. The Morgan fingerprint density at radius 1 is 0.933 bits per heavy atom. The molecule has 0 amide bonds. The molecule has 0 aliphatic rings. The van der Waals surface area contributed by atoms with Crippen molar-refractivity contribution < 1.29 is 4.74 Å². The molecule has 76 valence electrons. The van der Waals surface area contributed by atoms with Crippen LogP contribution < -0.4 is 4.74 Å². The normalized spacial score (nSPS) is 10.0. The molecule has 0 unspecified atom stereocenters. The van der Waals surface area contributed by atoms with Crippen molar-refractivity contribution in [3.05, 3.63) is 53.0 Å². The molecule has 0 fully saturated rings. The van der Waals surface area contributed by atoms with E-state index in [1.54, 1.807) is 7.11 Å². The van der Waals surface area contributed by atoms with Crippen molar-refractivity contribution >= 4 is 15.9 Å². The lowest BCUT2D eigenvalue weighted by molar-refractivity contribution is 0.414. The van der Waals surface area contributed by atoms with Gasteiger partial charge in [-0.15, -0.1) is 0 Å². The number of ether oxygens (including phenoxy) is 1. The van der Waals surface area contributed by atoms with Crippen LogP contribution in [0.25, 0.3) is 11.1 Å². The second kappa shape index (κ2) is 4.49. The summed E-state index contributed by atoms with van der Waals surface area (Å²) in [7, 11) is 1.69. The van der Waals surface area contributed by atoms with Gasteiger partial charge in [0.2, 0.25) is 0 Å². The molecular weight excluding hydrogens is 252 g/mol. The lowest BCUT2D eigenvalue weighted by Gasteiger charge is -2.09. The maximum atomic E-state index is 5.38. The molecule has 0 atom stereocenters. The lowest BCUT2D eigenvalue weighted by Crippen LogP contribution is -1.88. The zero-order valence-electron chi connectivity index (χ0n) is 8.41. The van der Waals surface area contributed by atoms with E-state index in [9.17, 15) is 0 Å². The van der Waals surface area contributed by atoms with Gasteiger partial charge in [0.25, 0.3) is 0 Å². The molecule has 0 aliphatic heterocycles. The van der Waals surface area contributed by atoms with Crippen molar-refractivity contribution in [1.82, 2.24) is 0 Å². The van der Waals surface area contributed by atoms with Gasteiger partial charge in [-0.05, 0) is 27.6 Å². The van der Waals surface area contributed by atoms with E-state index >= 15 is 0 Å². The molecule has 0 saturated heterocycles. The molecule has 0 aliphatic carbocycles. The highest BCUT2D eigenvalue weighted by Gasteiger charge is 2.07. The van der Waals surface area contributed by atoms with Crippen LogP contribution in [0.4, 0.5) is 0 Å². The van der Waals surface area contributed by atoms with Crippen LogP contribution in [0.2, 0.25) is 0 Å². The zero-order valence-corrected chi connectivity index (χ0v) is 9.99. The number of rotatable bonds is 2. The smallest absolute Gasteiger partial charge is 0.140 e. The summed E-state index contributed by atoms with van der Waals surface area (Å²) in [6.45, 7) is 0. The van der Waals surface area contributed by atoms with E-state index in [4.69, 9.17) is 4.74 Å². The number of benzene rings is 2. The molecule has 0 aromatic heterocycles. The third kappa shape index (κ3) is 2.05. The predicted molar refractivity (Wildman–Crippen MR) is 66.1 cm³/mol. The topological polar surface area (TPSA) is 9.23 Å². The van der Waals surface area contributed by atoms with Crippen molar-refractivity contribution in [2.24, 2.45) is 0 Å². The third-order valence-corrected chi connectivity index (χ3v) is 2.88. The fraction of sp³-hybridized carbons (Fsp3) is 0.0769. The van der Waals surface area contributed by atoms with Gasteiger partial charge in [0.1, 0.15) is 5.75 Å². The molecule has 0 radical (unpaired) electrons. The molecule has 0 saturated carbocycles. The Bertz CT molecular complexity index is 451. The van der Waals surface area contributed by atoms with Gasteiger partial charge in [-0.2, -0.15) is 0 Å². The first-order valence-electron chi connectivity index (χ1n) is 4.71. The first-order valence-corrected chi connectivity index (χ1v) is 5.50. The number of halogens is 1. The summed E-state index contributed by atoms with van der Waals surface area (Å²) in [6, 6.07) is 16.2. The van der Waals surface area contributed by atoms with Crippen molar-refractivity contribution in [2.45, 2.75) is 0 Å². The van der Waals surface area contributed by atoms with Crippen molar-refractivity contribution in [1.29, 1.82) is 0 Å². The Morgan fingerprint density at radius 2 is 1.67 bits per heavy atom. The molecule has 0 bridgehead atoms. The molecule has 1 nitrogen and oxygen atoms in total. The summed E-state index contributed by atoms with van der Waals surface area (Å²) in [5, 5.41) is 0. The monoisotopic (exact) mass is 262 g/mol. The highest BCUT2D eigenvalue weighted by molar-refractivity contribution is 9.10. The van der Waals surface area contributed by atoms with E-state index in [0.29, 0.717) is 0 Å². The second-order valence-corrected chi connectivity index (χ2v) is 4.04. The maximum Gasteiger partial charge on any atom is 0.140 e. The summed E-state index contributed by atoms with van der Waals surface area (Å²) in [6.07, 6.45) is 0. The first kappa shape index (κ1) is 10.2. The van der Waals surface area contributed by atoms with Gasteiger partial charge in [-0.3, -0.25) is 0 Å². The maximum absolute atomic E-state index is 5.38. The van der Waals surface area contributed by atoms with Crippen LogP contribution in [0.15, 0.2) is 53.0 Å². The largest absolute Gasteiger partial charge is 0.495 e. The number of hydrogen-bond donors (Lipinski definition) is 0. The molecule has 15 heavy (non-hydrogen) atoms. The van der Waals surface area contributed by atoms with E-state index in [1.807, 2.05) is 30.3 Å². The van der Waals surface area contributed by atoms with Crippen LogP contribution >= 0.6 is 15.9 Å². The number of hydrogen-bond acceptors (Lipinski definition) is 1. The average molecular weight is 263 g/mol. The van der Waals surface area contributed by atoms with Crippen molar-refractivity contribution in [3.63, 3.8) is 0 Å². The van der Waals surface area contributed by atoms with Crippen LogP contribution in [-0.4, -0.2) is 7.11 Å². The fourth-order valence-corrected chi connectivity index (χ4v) is 2.09. The predicted octanol–water partition coefficient (Wildman–Crippen LogP) is 4.12. The van der Waals surface area contributed by atoms with Gasteiger partial charge in [-0.25, -0.2) is 0 Å². The Labute approximate surface area is 97.8 Å². The molecular formula is C13H11BrO. The number of para-hydroxylation sites is 1. The standard InChI is InChI=1S/C13H11BrO/c1-15-13-11(8-5-9-12(13)14)10-6-3-2-4-7-10/h2-9H,1H3. The van der Waals surface area contributed by atoms with Crippen molar-refractivity contribution in [2.75, 3.05) is 7.11 Å². The minimum Gasteiger partial charge on any atom is -0.495 e. The van der Waals surface area contributed by atoms with E-state index in [2.05, 4.69) is 34.1 Å². The number of methoxy groups -OCH3 is 1. The van der Waals surface area contributed by atoms with Crippen molar-refractivity contribution in [3.8, 4) is 16.9 Å². The van der Waals surface area contributed by atoms with Gasteiger partial charge in [0.15, 0.2) is 0 Å². The van der Waals surface area contributed by atoms with Crippen LogP contribution in [0, 0.1) is 0 Å². The quantitative estimate of drug-likeness (QED) is 0.791. The van der Waals surface area contributed by atoms with E-state index < -0.39 is 0 Å². The Morgan fingerprint density at radius 3 is 2.33 bits per heavy atom. The van der Waals surface area contributed by atoms with Gasteiger partial charge in [0, 0.05) is 5.56 Å². The van der Waals surface area contributed by atoms with Crippen LogP contribution in [-0.2, 0) is 0 Å². The van der Waals surface area contributed by atoms with E-state index in [0.717, 1.165) is 21.3 Å². The lowest BCUT2D eigenvalue weighted by atomic mass is 10.1. The van der Waals surface area contributed by atoms with Gasteiger partial charge in [-0.1, -0.05) is 42.5 Å². The van der Waals surface area contributed by atoms with Gasteiger partial charge in [0.05, 0.1) is 11.6 Å². The molecule has 2 rings (SSSR count). The Balaban J connectivity index is 2.58. The van der Waals surface area contributed by atoms with Gasteiger partial charge < -0.3 is 4.74 Å². The fourth-order valence-electron chi connectivity index (χ4n) is 1.56. The highest BCUT2D eigenvalue weighted by atomic mass is 79.9. The summed E-state index contributed by atoms with van der Waals surface area (Å²) < 4.78 is 6.36. The zero-order chi connectivity index (χ0) is 10.7. The van der Waals surface area contributed by atoms with Crippen LogP contribution in [0.5, 0.6) is 5.75 Å². The Hall–Kier alpha value is -1.28. The molecule has 2 aromatic rings. The summed E-state index contributed by atoms with van der Waals surface area (Å²) in [5.41, 5.74) is 2.27. The highest BCUT2D eigenvalue weighted by Crippen LogP contribution is 2.35. The average Bonchev–Trinajstić information content (AvgIpc) is 2.30. The van der Waals surface area contributed by atoms with Crippen LogP contribution in [0.1, 0.15) is 0 Å². The Kier molecular flexibility index (Phi) is 3.07. The molecule has 2 heteroatoms. The van der Waals surface area contributed by atoms with E-state index in [-0.39, 0.29) is 0 Å². The van der Waals surface area contributed by atoms with Crippen LogP contribution in [0.3, 0.4) is 0 Å². The first-order chi connectivity index (χ1) is 7.33. The van der Waals surface area contributed by atoms with E-state index in [1.165, 1.54) is 0 Å². The molecule has 0 heterocycles. The molecule has 0 spiro atoms. The third-order valence-electron chi connectivity index (χ3n) is 2.26. The van der Waals surface area contributed by atoms with Gasteiger partial charge >= 0.3 is 0 Å². The summed E-state index contributed by atoms with van der Waals surface area (Å²) in [5.74, 6) is 0.878. The summed E-state index contributed by atoms with van der Waals surface area (Å²) in [4.78, 5) is 0. The minimum absolute atomic E-state index is 0.878. The summed E-state index contributed by atoms with van der Waals surface area (Å²) >= 11 is 3.48. The SMILES string of the molecule is COc1c(Br)cccc1-c1ccccc1. The molecule has 2 aromatic carbocycles.